The van der Waals surface area contributed by atoms with Crippen LogP contribution in [-0.2, 0) is 19.5 Å². The third-order valence-electron chi connectivity index (χ3n) is 5.41. The van der Waals surface area contributed by atoms with Crippen LogP contribution in [0, 0.1) is 0 Å². The van der Waals surface area contributed by atoms with Crippen molar-refractivity contribution >= 4 is 22.6 Å². The van der Waals surface area contributed by atoms with E-state index < -0.39 is 0 Å². The highest BCUT2D eigenvalue weighted by molar-refractivity contribution is 6.30. The molecular weight excluding hydrogens is 402 g/mol. The van der Waals surface area contributed by atoms with Crippen LogP contribution in [0.15, 0.2) is 68.8 Å². The van der Waals surface area contributed by atoms with Gasteiger partial charge in [0.15, 0.2) is 5.43 Å². The van der Waals surface area contributed by atoms with Gasteiger partial charge in [-0.1, -0.05) is 23.7 Å². The molecule has 0 fully saturated rings. The first kappa shape index (κ1) is 18.8. The second-order valence-corrected chi connectivity index (χ2v) is 7.83. The fourth-order valence-corrected chi connectivity index (χ4v) is 3.95. The topological polar surface area (TPSA) is 79.2 Å². The van der Waals surface area contributed by atoms with Crippen LogP contribution in [-0.4, -0.2) is 21.4 Å². The van der Waals surface area contributed by atoms with E-state index in [1.54, 1.807) is 24.3 Å². The van der Waals surface area contributed by atoms with Gasteiger partial charge in [-0.15, -0.1) is 0 Å². The van der Waals surface area contributed by atoms with E-state index in [1.807, 2.05) is 24.3 Å². The Morgan fingerprint density at radius 3 is 2.73 bits per heavy atom. The first-order valence-corrected chi connectivity index (χ1v) is 10.1. The zero-order valence-corrected chi connectivity index (χ0v) is 16.8. The Kier molecular flexibility index (Phi) is 4.73. The number of benzene rings is 2. The number of fused-ring (bicyclic) bond motifs is 2. The molecule has 7 heteroatoms. The molecule has 0 saturated heterocycles. The maximum Gasteiger partial charge on any atom is 0.255 e. The van der Waals surface area contributed by atoms with Crippen molar-refractivity contribution in [2.75, 3.05) is 6.54 Å². The molecule has 5 rings (SSSR count). The van der Waals surface area contributed by atoms with Crippen LogP contribution < -0.4 is 11.0 Å². The predicted molar refractivity (Wildman–Crippen MR) is 116 cm³/mol. The van der Waals surface area contributed by atoms with E-state index in [0.29, 0.717) is 59.0 Å². The van der Waals surface area contributed by atoms with Gasteiger partial charge in [-0.05, 0) is 36.4 Å². The number of aromatic nitrogens is 2. The van der Waals surface area contributed by atoms with E-state index in [9.17, 15) is 9.59 Å². The van der Waals surface area contributed by atoms with Crippen molar-refractivity contribution < 1.29 is 4.42 Å². The van der Waals surface area contributed by atoms with Gasteiger partial charge in [0.05, 0.1) is 22.9 Å². The average Bonchev–Trinajstić information content (AvgIpc) is 2.77. The van der Waals surface area contributed by atoms with Crippen LogP contribution >= 0.6 is 11.6 Å². The maximum absolute atomic E-state index is 12.8. The largest absolute Gasteiger partial charge is 0.464 e. The summed E-state index contributed by atoms with van der Waals surface area (Å²) in [6.45, 7) is 1.56. The Balaban J connectivity index is 1.42. The molecule has 0 amide bonds. The van der Waals surface area contributed by atoms with Crippen molar-refractivity contribution in [1.82, 2.24) is 14.9 Å². The van der Waals surface area contributed by atoms with E-state index in [2.05, 4.69) is 14.9 Å². The standard InChI is InChI=1S/C23H18ClN3O3/c24-16-7-5-14(6-8-16)22-25-19-9-10-27(12-18(19)23(29)26-22)11-15-13-30-20-4-2-1-3-17(20)21(15)28/h1-8,13H,9-12H2,(H,25,26,29). The highest BCUT2D eigenvalue weighted by Crippen LogP contribution is 2.21. The lowest BCUT2D eigenvalue weighted by Crippen LogP contribution is -2.36. The SMILES string of the molecule is O=c1[nH]c(-c2ccc(Cl)cc2)nc2c1CN(Cc1coc3ccccc3c1=O)CC2. The van der Waals surface area contributed by atoms with E-state index in [1.165, 1.54) is 6.26 Å². The van der Waals surface area contributed by atoms with Crippen molar-refractivity contribution in [3.63, 3.8) is 0 Å². The summed E-state index contributed by atoms with van der Waals surface area (Å²) in [6, 6.07) is 14.4. The number of H-pyrrole nitrogens is 1. The van der Waals surface area contributed by atoms with Crippen LogP contribution in [0.1, 0.15) is 16.8 Å². The quantitative estimate of drug-likeness (QED) is 0.547. The molecule has 1 aliphatic heterocycles. The smallest absolute Gasteiger partial charge is 0.255 e. The Labute approximate surface area is 176 Å². The Hall–Kier alpha value is -3.22. The molecule has 30 heavy (non-hydrogen) atoms. The van der Waals surface area contributed by atoms with E-state index >= 15 is 0 Å². The molecule has 150 valence electrons. The molecule has 0 unspecified atom stereocenters. The first-order chi connectivity index (χ1) is 14.6. The number of rotatable bonds is 3. The zero-order valence-electron chi connectivity index (χ0n) is 16.0. The molecule has 0 radical (unpaired) electrons. The van der Waals surface area contributed by atoms with Gasteiger partial charge in [0, 0.05) is 42.2 Å². The van der Waals surface area contributed by atoms with Crippen molar-refractivity contribution in [3.8, 4) is 11.4 Å². The normalized spacial score (nSPS) is 14.0. The lowest BCUT2D eigenvalue weighted by molar-refractivity contribution is 0.239. The number of nitrogens with zero attached hydrogens (tertiary/aromatic N) is 2. The van der Waals surface area contributed by atoms with Gasteiger partial charge in [-0.2, -0.15) is 0 Å². The fraction of sp³-hybridized carbons (Fsp3) is 0.174. The summed E-state index contributed by atoms with van der Waals surface area (Å²) in [7, 11) is 0. The third-order valence-corrected chi connectivity index (χ3v) is 5.66. The Bertz CT molecular complexity index is 1360. The number of halogens is 1. The summed E-state index contributed by atoms with van der Waals surface area (Å²) in [5.74, 6) is 0.541. The summed E-state index contributed by atoms with van der Waals surface area (Å²) in [5.41, 5.74) is 3.23. The van der Waals surface area contributed by atoms with Gasteiger partial charge in [-0.25, -0.2) is 4.98 Å². The molecule has 6 nitrogen and oxygen atoms in total. The zero-order chi connectivity index (χ0) is 20.7. The van der Waals surface area contributed by atoms with Crippen LogP contribution in [0.25, 0.3) is 22.4 Å². The molecule has 0 spiro atoms. The van der Waals surface area contributed by atoms with Crippen LogP contribution in [0.2, 0.25) is 5.02 Å². The minimum absolute atomic E-state index is 0.0345. The molecule has 0 aliphatic carbocycles. The maximum atomic E-state index is 12.8. The van der Waals surface area contributed by atoms with Gasteiger partial charge in [-0.3, -0.25) is 14.5 Å². The predicted octanol–water partition coefficient (Wildman–Crippen LogP) is 3.76. The van der Waals surface area contributed by atoms with Gasteiger partial charge >= 0.3 is 0 Å². The third kappa shape index (κ3) is 3.44. The van der Waals surface area contributed by atoms with Gasteiger partial charge < -0.3 is 9.40 Å². The molecule has 0 bridgehead atoms. The minimum atomic E-state index is -0.153. The van der Waals surface area contributed by atoms with E-state index in [4.69, 9.17) is 16.0 Å². The monoisotopic (exact) mass is 419 g/mol. The molecule has 2 aromatic carbocycles. The minimum Gasteiger partial charge on any atom is -0.464 e. The van der Waals surface area contributed by atoms with Crippen LogP contribution in [0.4, 0.5) is 0 Å². The second kappa shape index (κ2) is 7.55. The summed E-state index contributed by atoms with van der Waals surface area (Å²) in [5, 5.41) is 1.20. The highest BCUT2D eigenvalue weighted by atomic mass is 35.5. The van der Waals surface area contributed by atoms with Crippen molar-refractivity contribution in [2.45, 2.75) is 19.5 Å². The van der Waals surface area contributed by atoms with Crippen LogP contribution in [0.3, 0.4) is 0 Å². The fourth-order valence-electron chi connectivity index (χ4n) is 3.83. The molecule has 1 N–H and O–H groups in total. The Morgan fingerprint density at radius 2 is 1.90 bits per heavy atom. The number of hydrogen-bond donors (Lipinski definition) is 1. The van der Waals surface area contributed by atoms with Gasteiger partial charge in [0.1, 0.15) is 11.4 Å². The van der Waals surface area contributed by atoms with E-state index in [0.717, 1.165) is 11.3 Å². The number of nitrogens with one attached hydrogen (secondary N) is 1. The first-order valence-electron chi connectivity index (χ1n) is 9.68. The molecule has 0 atom stereocenters. The number of hydrogen-bond acceptors (Lipinski definition) is 5. The average molecular weight is 420 g/mol. The van der Waals surface area contributed by atoms with Crippen molar-refractivity contribution in [3.05, 3.63) is 97.2 Å². The van der Waals surface area contributed by atoms with Crippen LogP contribution in [0.5, 0.6) is 0 Å². The number of para-hydroxylation sites is 1. The molecule has 1 aliphatic rings. The molecule has 0 saturated carbocycles. The molecule has 4 aromatic rings. The van der Waals surface area contributed by atoms with Gasteiger partial charge in [0.25, 0.3) is 5.56 Å². The lowest BCUT2D eigenvalue weighted by Gasteiger charge is -2.27. The number of aromatic amines is 1. The molecular formula is C23H18ClN3O3. The summed E-state index contributed by atoms with van der Waals surface area (Å²) in [6.07, 6.45) is 2.16. The van der Waals surface area contributed by atoms with Crippen molar-refractivity contribution in [2.24, 2.45) is 0 Å². The second-order valence-electron chi connectivity index (χ2n) is 7.39. The van der Waals surface area contributed by atoms with Crippen molar-refractivity contribution in [1.29, 1.82) is 0 Å². The lowest BCUT2D eigenvalue weighted by atomic mass is 10.1. The molecule has 2 aromatic heterocycles. The van der Waals surface area contributed by atoms with Gasteiger partial charge in [0.2, 0.25) is 0 Å². The van der Waals surface area contributed by atoms with E-state index in [-0.39, 0.29) is 11.0 Å². The summed E-state index contributed by atoms with van der Waals surface area (Å²) >= 11 is 5.94. The Morgan fingerprint density at radius 1 is 1.10 bits per heavy atom. The highest BCUT2D eigenvalue weighted by Gasteiger charge is 2.22. The summed E-state index contributed by atoms with van der Waals surface area (Å²) < 4.78 is 5.62. The summed E-state index contributed by atoms with van der Waals surface area (Å²) in [4.78, 5) is 35.1. The molecule has 3 heterocycles.